The van der Waals surface area contributed by atoms with E-state index in [4.69, 9.17) is 0 Å². The van der Waals surface area contributed by atoms with Gasteiger partial charge >= 0.3 is 6.18 Å². The third-order valence-electron chi connectivity index (χ3n) is 7.23. The second kappa shape index (κ2) is 10.8. The van der Waals surface area contributed by atoms with Gasteiger partial charge in [0.25, 0.3) is 17.7 Å². The number of aromatic nitrogens is 2. The first-order chi connectivity index (χ1) is 18.5. The standard InChI is InChI=1S/C26H32F5N5O3S/c1-13-10-25(27,28)12-36(13)23(38)19-20(40-22(35-19)21(37)34-14(2)24(3,4)39)16-11-33-18(9-17(16)26(29,30)31)32-8-7-15-5-6-15/h9,11,13-15,39H,5-8,10,12H2,1-4H3,(H,32,33)(H,34,37)/t13-,14+/m0/s1. The smallest absolute Gasteiger partial charge is 0.388 e. The van der Waals surface area contributed by atoms with Gasteiger partial charge in [-0.2, -0.15) is 13.2 Å². The van der Waals surface area contributed by atoms with Gasteiger partial charge in [-0.1, -0.05) is 12.8 Å². The van der Waals surface area contributed by atoms with Gasteiger partial charge in [-0.25, -0.2) is 18.7 Å². The van der Waals surface area contributed by atoms with Gasteiger partial charge in [-0.05, 0) is 46.1 Å². The maximum atomic E-state index is 14.3. The molecule has 220 valence electrons. The number of alkyl halides is 5. The molecule has 2 amide bonds. The fourth-order valence-electron chi connectivity index (χ4n) is 4.38. The molecule has 0 radical (unpaired) electrons. The molecule has 0 spiro atoms. The Morgan fingerprint density at radius 2 is 1.95 bits per heavy atom. The van der Waals surface area contributed by atoms with Crippen LogP contribution in [0.5, 0.6) is 0 Å². The summed E-state index contributed by atoms with van der Waals surface area (Å²) >= 11 is 0.528. The number of thiazole rings is 1. The quantitative estimate of drug-likeness (QED) is 0.348. The van der Waals surface area contributed by atoms with Gasteiger partial charge in [0, 0.05) is 30.8 Å². The summed E-state index contributed by atoms with van der Waals surface area (Å²) in [5.41, 5.74) is -3.47. The Hall–Kier alpha value is -2.87. The zero-order valence-electron chi connectivity index (χ0n) is 22.5. The predicted molar refractivity (Wildman–Crippen MR) is 139 cm³/mol. The summed E-state index contributed by atoms with van der Waals surface area (Å²) in [7, 11) is 0. The second-order valence-corrected chi connectivity index (χ2v) is 12.2. The van der Waals surface area contributed by atoms with Crippen molar-refractivity contribution in [2.45, 2.75) is 83.2 Å². The highest BCUT2D eigenvalue weighted by atomic mass is 32.1. The van der Waals surface area contributed by atoms with Crippen molar-refractivity contribution in [2.24, 2.45) is 5.92 Å². The molecule has 0 aromatic carbocycles. The molecule has 1 aliphatic heterocycles. The number of aliphatic hydroxyl groups is 1. The number of carbonyl (C=O) groups excluding carboxylic acids is 2. The van der Waals surface area contributed by atoms with E-state index in [2.05, 4.69) is 20.6 Å². The Bertz CT molecular complexity index is 1270. The van der Waals surface area contributed by atoms with Crippen LogP contribution in [0.1, 0.15) is 79.2 Å². The van der Waals surface area contributed by atoms with Crippen molar-refractivity contribution in [1.29, 1.82) is 0 Å². The van der Waals surface area contributed by atoms with Crippen molar-refractivity contribution in [3.05, 3.63) is 28.5 Å². The molecule has 1 saturated carbocycles. The Kier molecular flexibility index (Phi) is 8.16. The normalized spacial score (nSPS) is 19.9. The van der Waals surface area contributed by atoms with E-state index in [-0.39, 0.29) is 15.7 Å². The van der Waals surface area contributed by atoms with Crippen molar-refractivity contribution in [3.8, 4) is 10.4 Å². The number of carbonyl (C=O) groups is 2. The van der Waals surface area contributed by atoms with Gasteiger partial charge < -0.3 is 20.6 Å². The molecule has 3 N–H and O–H groups in total. The van der Waals surface area contributed by atoms with Crippen molar-refractivity contribution in [1.82, 2.24) is 20.2 Å². The first kappa shape index (κ1) is 30.1. The van der Waals surface area contributed by atoms with Gasteiger partial charge in [0.05, 0.1) is 28.6 Å². The second-order valence-electron chi connectivity index (χ2n) is 11.2. The minimum Gasteiger partial charge on any atom is -0.388 e. The van der Waals surface area contributed by atoms with Crippen LogP contribution in [0.15, 0.2) is 12.3 Å². The van der Waals surface area contributed by atoms with Gasteiger partial charge in [0.1, 0.15) is 11.5 Å². The maximum Gasteiger partial charge on any atom is 0.417 e. The maximum absolute atomic E-state index is 14.3. The molecule has 1 saturated heterocycles. The van der Waals surface area contributed by atoms with Gasteiger partial charge in [-0.15, -0.1) is 11.3 Å². The molecule has 2 aromatic rings. The minimum absolute atomic E-state index is 0.00103. The van der Waals surface area contributed by atoms with Crippen LogP contribution in [0.2, 0.25) is 0 Å². The fourth-order valence-corrected chi connectivity index (χ4v) is 5.36. The number of likely N-dealkylation sites (tertiary alicyclic amines) is 1. The number of rotatable bonds is 9. The van der Waals surface area contributed by atoms with E-state index < -0.39 is 71.4 Å². The number of hydrogen-bond donors (Lipinski definition) is 3. The molecular formula is C26H32F5N5O3S. The number of amides is 2. The number of hydrogen-bond acceptors (Lipinski definition) is 7. The van der Waals surface area contributed by atoms with E-state index >= 15 is 0 Å². The molecule has 2 atom stereocenters. The molecule has 3 heterocycles. The van der Waals surface area contributed by atoms with Crippen LogP contribution in [-0.2, 0) is 6.18 Å². The Morgan fingerprint density at radius 1 is 1.27 bits per heavy atom. The van der Waals surface area contributed by atoms with Crippen molar-refractivity contribution in [3.63, 3.8) is 0 Å². The predicted octanol–water partition coefficient (Wildman–Crippen LogP) is 5.19. The van der Waals surface area contributed by atoms with Gasteiger partial charge in [-0.3, -0.25) is 9.59 Å². The number of anilines is 1. The van der Waals surface area contributed by atoms with Gasteiger partial charge in [0.15, 0.2) is 5.01 Å². The van der Waals surface area contributed by atoms with E-state index in [1.807, 2.05) is 0 Å². The lowest BCUT2D eigenvalue weighted by Gasteiger charge is -2.26. The average Bonchev–Trinajstić information content (AvgIpc) is 3.47. The van der Waals surface area contributed by atoms with Crippen LogP contribution in [0.25, 0.3) is 10.4 Å². The third kappa shape index (κ3) is 6.88. The molecule has 4 rings (SSSR count). The van der Waals surface area contributed by atoms with E-state index in [1.54, 1.807) is 0 Å². The fraction of sp³-hybridized carbons (Fsp3) is 0.615. The summed E-state index contributed by atoms with van der Waals surface area (Å²) in [5.74, 6) is -4.45. The van der Waals surface area contributed by atoms with Crippen LogP contribution in [0.4, 0.5) is 27.8 Å². The lowest BCUT2D eigenvalue weighted by molar-refractivity contribution is -0.137. The van der Waals surface area contributed by atoms with Gasteiger partial charge in [0.2, 0.25) is 0 Å². The Balaban J connectivity index is 1.76. The van der Waals surface area contributed by atoms with E-state index in [9.17, 15) is 36.6 Å². The first-order valence-electron chi connectivity index (χ1n) is 13.0. The molecule has 2 aromatic heterocycles. The lowest BCUT2D eigenvalue weighted by atomic mass is 10.0. The Labute approximate surface area is 232 Å². The summed E-state index contributed by atoms with van der Waals surface area (Å²) in [6.07, 6.45) is -1.52. The lowest BCUT2D eigenvalue weighted by Crippen LogP contribution is -2.47. The molecule has 14 heteroatoms. The van der Waals surface area contributed by atoms with E-state index in [0.29, 0.717) is 23.8 Å². The number of nitrogens with zero attached hydrogens (tertiary/aromatic N) is 3. The van der Waals surface area contributed by atoms with E-state index in [1.165, 1.54) is 27.7 Å². The number of halogens is 5. The van der Waals surface area contributed by atoms with Crippen LogP contribution in [0.3, 0.4) is 0 Å². The topological polar surface area (TPSA) is 107 Å². The van der Waals surface area contributed by atoms with E-state index in [0.717, 1.165) is 36.4 Å². The molecular weight excluding hydrogens is 557 g/mol. The van der Waals surface area contributed by atoms with Crippen molar-refractivity contribution < 1.29 is 36.6 Å². The molecule has 2 aliphatic rings. The molecule has 40 heavy (non-hydrogen) atoms. The first-order valence-corrected chi connectivity index (χ1v) is 13.8. The molecule has 2 fully saturated rings. The summed E-state index contributed by atoms with van der Waals surface area (Å²) in [6.45, 7) is 5.37. The highest BCUT2D eigenvalue weighted by molar-refractivity contribution is 7.17. The van der Waals surface area contributed by atoms with Crippen molar-refractivity contribution >= 4 is 29.0 Å². The Morgan fingerprint density at radius 3 is 2.50 bits per heavy atom. The zero-order valence-corrected chi connectivity index (χ0v) is 23.3. The minimum atomic E-state index is -4.86. The van der Waals surface area contributed by atoms with Crippen LogP contribution in [0, 0.1) is 5.92 Å². The van der Waals surface area contributed by atoms with Crippen molar-refractivity contribution in [2.75, 3.05) is 18.4 Å². The molecule has 0 bridgehead atoms. The highest BCUT2D eigenvalue weighted by Crippen LogP contribution is 2.43. The van der Waals surface area contributed by atoms with Crippen LogP contribution < -0.4 is 10.6 Å². The van der Waals surface area contributed by atoms with Crippen LogP contribution in [-0.4, -0.2) is 68.5 Å². The number of nitrogens with one attached hydrogen (secondary N) is 2. The highest BCUT2D eigenvalue weighted by Gasteiger charge is 2.46. The number of pyridine rings is 1. The monoisotopic (exact) mass is 589 g/mol. The summed E-state index contributed by atoms with van der Waals surface area (Å²) in [4.78, 5) is 35.1. The molecule has 1 aliphatic carbocycles. The molecule has 8 nitrogen and oxygen atoms in total. The van der Waals surface area contributed by atoms with Crippen LogP contribution >= 0.6 is 11.3 Å². The third-order valence-corrected chi connectivity index (χ3v) is 8.32. The molecule has 0 unspecified atom stereocenters. The SMILES string of the molecule is C[C@H]1CC(F)(F)CN1C(=O)c1nc(C(=O)N[C@H](C)C(C)(C)O)sc1-c1cnc(NCCC2CC2)cc1C(F)(F)F. The largest absolute Gasteiger partial charge is 0.417 e. The summed E-state index contributed by atoms with van der Waals surface area (Å²) in [5, 5.41) is 15.2. The zero-order chi connectivity index (χ0) is 29.6. The average molecular weight is 590 g/mol. The summed E-state index contributed by atoms with van der Waals surface area (Å²) in [6, 6.07) is -0.848. The summed E-state index contributed by atoms with van der Waals surface area (Å²) < 4.78 is 71.0.